The molecule has 0 radical (unpaired) electrons. The number of carbonyl (C=O) groups excluding carboxylic acids is 1. The number of nitrogens with zero attached hydrogens (tertiary/aromatic N) is 1. The van der Waals surface area contributed by atoms with Crippen LogP contribution in [0.25, 0.3) is 0 Å². The minimum atomic E-state index is -0.867. The van der Waals surface area contributed by atoms with E-state index in [9.17, 15) is 14.7 Å². The Bertz CT molecular complexity index is 803. The Kier molecular flexibility index (Phi) is 5.79. The van der Waals surface area contributed by atoms with Gasteiger partial charge in [0.25, 0.3) is 5.91 Å². The van der Waals surface area contributed by atoms with Crippen LogP contribution in [-0.2, 0) is 4.79 Å². The highest BCUT2D eigenvalue weighted by Gasteiger charge is 2.40. The molecule has 2 unspecified atom stereocenters. The van der Waals surface area contributed by atoms with Crippen molar-refractivity contribution in [1.29, 1.82) is 0 Å². The lowest BCUT2D eigenvalue weighted by atomic mass is 9.89. The monoisotopic (exact) mass is 367 g/mol. The molecule has 3 rings (SSSR count). The molecule has 0 saturated carbocycles. The summed E-state index contributed by atoms with van der Waals surface area (Å²) >= 11 is 0. The Morgan fingerprint density at radius 1 is 1.11 bits per heavy atom. The van der Waals surface area contributed by atoms with E-state index in [0.29, 0.717) is 30.4 Å². The van der Waals surface area contributed by atoms with Gasteiger partial charge in [-0.25, -0.2) is 0 Å². The number of hydrogen-bond acceptors (Lipinski definition) is 3. The molecule has 5 heteroatoms. The Morgan fingerprint density at radius 3 is 2.52 bits per heavy atom. The fraction of sp³-hybridized carbons (Fsp3) is 0.364. The van der Waals surface area contributed by atoms with Crippen LogP contribution in [0.5, 0.6) is 5.75 Å². The van der Waals surface area contributed by atoms with Crippen molar-refractivity contribution in [2.75, 3.05) is 19.7 Å². The van der Waals surface area contributed by atoms with Gasteiger partial charge >= 0.3 is 5.97 Å². The maximum absolute atomic E-state index is 13.0. The molecule has 2 aromatic carbocycles. The van der Waals surface area contributed by atoms with E-state index >= 15 is 0 Å². The molecule has 0 spiro atoms. The Balaban J connectivity index is 1.77. The van der Waals surface area contributed by atoms with Crippen LogP contribution in [0.4, 0.5) is 0 Å². The van der Waals surface area contributed by atoms with E-state index in [2.05, 4.69) is 13.8 Å². The van der Waals surface area contributed by atoms with Gasteiger partial charge in [-0.05, 0) is 29.7 Å². The Labute approximate surface area is 159 Å². The molecule has 1 N–H and O–H groups in total. The fourth-order valence-electron chi connectivity index (χ4n) is 3.42. The highest BCUT2D eigenvalue weighted by molar-refractivity contribution is 5.95. The van der Waals surface area contributed by atoms with Crippen molar-refractivity contribution in [2.45, 2.75) is 19.8 Å². The highest BCUT2D eigenvalue weighted by atomic mass is 16.5. The van der Waals surface area contributed by atoms with Crippen molar-refractivity contribution in [2.24, 2.45) is 11.8 Å². The minimum absolute atomic E-state index is 0.158. The molecule has 1 fully saturated rings. The van der Waals surface area contributed by atoms with Crippen LogP contribution in [-0.4, -0.2) is 41.6 Å². The summed E-state index contributed by atoms with van der Waals surface area (Å²) in [4.78, 5) is 26.3. The van der Waals surface area contributed by atoms with Gasteiger partial charge in [0.15, 0.2) is 0 Å². The third-order valence-corrected chi connectivity index (χ3v) is 4.82. The van der Waals surface area contributed by atoms with Crippen molar-refractivity contribution < 1.29 is 19.4 Å². The largest absolute Gasteiger partial charge is 0.493 e. The van der Waals surface area contributed by atoms with Gasteiger partial charge in [0.1, 0.15) is 5.75 Å². The number of ether oxygens (including phenoxy) is 1. The molecule has 1 aliphatic rings. The van der Waals surface area contributed by atoms with Gasteiger partial charge in [-0.15, -0.1) is 0 Å². The molecule has 1 saturated heterocycles. The van der Waals surface area contributed by atoms with Gasteiger partial charge in [0.05, 0.1) is 12.5 Å². The molecule has 0 aliphatic carbocycles. The van der Waals surface area contributed by atoms with Gasteiger partial charge < -0.3 is 14.7 Å². The zero-order valence-electron chi connectivity index (χ0n) is 15.7. The van der Waals surface area contributed by atoms with Crippen molar-refractivity contribution in [3.8, 4) is 5.75 Å². The van der Waals surface area contributed by atoms with Crippen molar-refractivity contribution >= 4 is 11.9 Å². The first-order chi connectivity index (χ1) is 13.0. The molecule has 27 heavy (non-hydrogen) atoms. The number of hydrogen-bond donors (Lipinski definition) is 1. The van der Waals surface area contributed by atoms with Crippen LogP contribution in [0.2, 0.25) is 0 Å². The molecule has 2 aromatic rings. The molecule has 1 heterocycles. The molecule has 2 atom stereocenters. The standard InChI is InChI=1S/C22H25NO4/c1-15(2)14-27-18-10-6-9-17(11-18)21(24)23-12-19(20(13-23)22(25)26)16-7-4-3-5-8-16/h3-11,15,19-20H,12-14H2,1-2H3,(H,25,26). The van der Waals surface area contributed by atoms with E-state index in [4.69, 9.17) is 4.74 Å². The Morgan fingerprint density at radius 2 is 1.85 bits per heavy atom. The van der Waals surface area contributed by atoms with E-state index in [1.807, 2.05) is 36.4 Å². The number of carbonyl (C=O) groups is 2. The van der Waals surface area contributed by atoms with Crippen molar-refractivity contribution in [1.82, 2.24) is 4.90 Å². The second-order valence-corrected chi connectivity index (χ2v) is 7.40. The lowest BCUT2D eigenvalue weighted by Gasteiger charge is -2.17. The van der Waals surface area contributed by atoms with Crippen LogP contribution in [0.3, 0.4) is 0 Å². The second-order valence-electron chi connectivity index (χ2n) is 7.40. The topological polar surface area (TPSA) is 66.8 Å². The van der Waals surface area contributed by atoms with Gasteiger partial charge in [0, 0.05) is 24.6 Å². The summed E-state index contributed by atoms with van der Waals surface area (Å²) in [5.41, 5.74) is 1.48. The summed E-state index contributed by atoms with van der Waals surface area (Å²) in [5, 5.41) is 9.62. The average molecular weight is 367 g/mol. The van der Waals surface area contributed by atoms with Gasteiger partial charge in [-0.1, -0.05) is 50.2 Å². The van der Waals surface area contributed by atoms with Gasteiger partial charge in [-0.2, -0.15) is 0 Å². The minimum Gasteiger partial charge on any atom is -0.493 e. The summed E-state index contributed by atoms with van der Waals surface area (Å²) in [6.07, 6.45) is 0. The Hall–Kier alpha value is -2.82. The lowest BCUT2D eigenvalue weighted by Crippen LogP contribution is -2.29. The van der Waals surface area contributed by atoms with Crippen LogP contribution in [0, 0.1) is 11.8 Å². The predicted octanol–water partition coefficient (Wildman–Crippen LogP) is 3.66. The average Bonchev–Trinajstić information content (AvgIpc) is 3.12. The smallest absolute Gasteiger partial charge is 0.308 e. The third-order valence-electron chi connectivity index (χ3n) is 4.82. The quantitative estimate of drug-likeness (QED) is 0.846. The maximum atomic E-state index is 13.0. The van der Waals surface area contributed by atoms with Crippen LogP contribution in [0.1, 0.15) is 35.7 Å². The van der Waals surface area contributed by atoms with E-state index < -0.39 is 11.9 Å². The number of likely N-dealkylation sites (tertiary alicyclic amines) is 1. The molecule has 5 nitrogen and oxygen atoms in total. The first kappa shape index (κ1) is 19.0. The van der Waals surface area contributed by atoms with Crippen molar-refractivity contribution in [3.63, 3.8) is 0 Å². The number of amides is 1. The molecule has 0 bridgehead atoms. The first-order valence-corrected chi connectivity index (χ1v) is 9.25. The second kappa shape index (κ2) is 8.25. The number of benzene rings is 2. The summed E-state index contributed by atoms with van der Waals surface area (Å²) < 4.78 is 5.71. The van der Waals surface area contributed by atoms with Crippen LogP contribution in [0.15, 0.2) is 54.6 Å². The molecule has 0 aromatic heterocycles. The molecule has 1 aliphatic heterocycles. The maximum Gasteiger partial charge on any atom is 0.308 e. The van der Waals surface area contributed by atoms with E-state index in [0.717, 1.165) is 5.56 Å². The molecular formula is C22H25NO4. The number of carboxylic acid groups (broad SMARTS) is 1. The first-order valence-electron chi connectivity index (χ1n) is 9.25. The number of carboxylic acids is 1. The third kappa shape index (κ3) is 4.48. The molecular weight excluding hydrogens is 342 g/mol. The fourth-order valence-corrected chi connectivity index (χ4v) is 3.42. The summed E-state index contributed by atoms with van der Waals surface area (Å²) in [6.45, 7) is 5.32. The zero-order chi connectivity index (χ0) is 19.4. The lowest BCUT2D eigenvalue weighted by molar-refractivity contribution is -0.141. The number of rotatable bonds is 6. The van der Waals surface area contributed by atoms with Crippen LogP contribution < -0.4 is 4.74 Å². The van der Waals surface area contributed by atoms with E-state index in [-0.39, 0.29) is 18.4 Å². The summed E-state index contributed by atoms with van der Waals surface area (Å²) in [6, 6.07) is 16.6. The van der Waals surface area contributed by atoms with E-state index in [1.165, 1.54) is 0 Å². The van der Waals surface area contributed by atoms with Crippen LogP contribution >= 0.6 is 0 Å². The SMILES string of the molecule is CC(C)COc1cccc(C(=O)N2CC(C(=O)O)C(c3ccccc3)C2)c1. The van der Waals surface area contributed by atoms with Gasteiger partial charge in [0.2, 0.25) is 0 Å². The zero-order valence-corrected chi connectivity index (χ0v) is 15.7. The van der Waals surface area contributed by atoms with E-state index in [1.54, 1.807) is 23.1 Å². The molecule has 1 amide bonds. The summed E-state index contributed by atoms with van der Waals surface area (Å²) in [7, 11) is 0. The summed E-state index contributed by atoms with van der Waals surface area (Å²) in [5.74, 6) is -0.776. The highest BCUT2D eigenvalue weighted by Crippen LogP contribution is 2.33. The predicted molar refractivity (Wildman–Crippen MR) is 103 cm³/mol. The molecule has 142 valence electrons. The normalized spacial score (nSPS) is 19.3. The number of aliphatic carboxylic acids is 1. The van der Waals surface area contributed by atoms with Crippen molar-refractivity contribution in [3.05, 3.63) is 65.7 Å². The van der Waals surface area contributed by atoms with Gasteiger partial charge in [-0.3, -0.25) is 9.59 Å².